The second-order valence-electron chi connectivity index (χ2n) is 3.27. The van der Waals surface area contributed by atoms with Crippen LogP contribution in [0.5, 0.6) is 5.75 Å². The fourth-order valence-electron chi connectivity index (χ4n) is 1.25. The van der Waals surface area contributed by atoms with E-state index in [4.69, 9.17) is 38.8 Å². The van der Waals surface area contributed by atoms with Crippen molar-refractivity contribution in [2.24, 2.45) is 10.7 Å². The minimum absolute atomic E-state index is 0.0229. The number of carboxylic acids is 1. The van der Waals surface area contributed by atoms with Gasteiger partial charge in [0.1, 0.15) is 17.1 Å². The normalized spacial score (nSPS) is 11.4. The van der Waals surface area contributed by atoms with Crippen LogP contribution in [-0.4, -0.2) is 29.4 Å². The van der Waals surface area contributed by atoms with Crippen LogP contribution in [0.1, 0.15) is 17.3 Å². The zero-order valence-electron chi connectivity index (χ0n) is 9.61. The van der Waals surface area contributed by atoms with Crippen LogP contribution in [0.4, 0.5) is 5.69 Å². The van der Waals surface area contributed by atoms with E-state index in [0.717, 1.165) is 0 Å². The SMILES string of the molecule is CCOc1cc(N=C(N)CCl)c(Cl)cc1C(=O)O. The number of alkyl halides is 1. The molecular weight excluding hydrogens is 279 g/mol. The van der Waals surface area contributed by atoms with Gasteiger partial charge in [-0.05, 0) is 13.0 Å². The van der Waals surface area contributed by atoms with Gasteiger partial charge in [-0.2, -0.15) is 0 Å². The van der Waals surface area contributed by atoms with Gasteiger partial charge in [0.2, 0.25) is 0 Å². The molecule has 0 unspecified atom stereocenters. The standard InChI is InChI=1S/C11H12Cl2N2O3/c1-2-18-9-4-8(15-10(14)5-12)7(13)3-6(9)11(16)17/h3-4H,2,5H2,1H3,(H2,14,15)(H,16,17). The van der Waals surface area contributed by atoms with Gasteiger partial charge in [0.05, 0.1) is 23.2 Å². The number of aromatic carboxylic acids is 1. The number of ether oxygens (including phenoxy) is 1. The van der Waals surface area contributed by atoms with Gasteiger partial charge < -0.3 is 15.6 Å². The van der Waals surface area contributed by atoms with Gasteiger partial charge in [-0.15, -0.1) is 11.6 Å². The summed E-state index contributed by atoms with van der Waals surface area (Å²) in [4.78, 5) is 15.0. The van der Waals surface area contributed by atoms with Crippen LogP contribution < -0.4 is 10.5 Å². The summed E-state index contributed by atoms with van der Waals surface area (Å²) < 4.78 is 5.23. The van der Waals surface area contributed by atoms with Crippen LogP contribution in [0.15, 0.2) is 17.1 Å². The highest BCUT2D eigenvalue weighted by atomic mass is 35.5. The van der Waals surface area contributed by atoms with E-state index in [9.17, 15) is 4.79 Å². The third kappa shape index (κ3) is 3.51. The average Bonchev–Trinajstić information content (AvgIpc) is 2.32. The molecule has 7 heteroatoms. The Bertz CT molecular complexity index is 489. The molecule has 0 amide bonds. The number of hydrogen-bond donors (Lipinski definition) is 2. The summed E-state index contributed by atoms with van der Waals surface area (Å²) in [6, 6.07) is 2.70. The molecule has 0 aliphatic rings. The quantitative estimate of drug-likeness (QED) is 0.496. The maximum atomic E-state index is 11.0. The first-order valence-corrected chi connectivity index (χ1v) is 5.99. The number of aliphatic imine (C=N–C) groups is 1. The van der Waals surface area contributed by atoms with Crippen molar-refractivity contribution in [3.05, 3.63) is 22.7 Å². The summed E-state index contributed by atoms with van der Waals surface area (Å²) in [5.74, 6) is -0.693. The van der Waals surface area contributed by atoms with Crippen molar-refractivity contribution in [2.45, 2.75) is 6.92 Å². The zero-order chi connectivity index (χ0) is 13.7. The number of carbonyl (C=O) groups is 1. The van der Waals surface area contributed by atoms with E-state index in [1.165, 1.54) is 12.1 Å². The second-order valence-corrected chi connectivity index (χ2v) is 3.95. The maximum absolute atomic E-state index is 11.0. The highest BCUT2D eigenvalue weighted by Gasteiger charge is 2.15. The lowest BCUT2D eigenvalue weighted by Crippen LogP contribution is -2.12. The molecule has 0 bridgehead atoms. The van der Waals surface area contributed by atoms with E-state index in [2.05, 4.69) is 4.99 Å². The summed E-state index contributed by atoms with van der Waals surface area (Å²) >= 11 is 11.4. The molecule has 0 aromatic heterocycles. The van der Waals surface area contributed by atoms with Crippen LogP contribution >= 0.6 is 23.2 Å². The van der Waals surface area contributed by atoms with E-state index in [-0.39, 0.29) is 28.1 Å². The Morgan fingerprint density at radius 1 is 1.56 bits per heavy atom. The number of benzene rings is 1. The molecule has 0 fully saturated rings. The van der Waals surface area contributed by atoms with Gasteiger partial charge in [0, 0.05) is 6.07 Å². The molecule has 0 spiro atoms. The summed E-state index contributed by atoms with van der Waals surface area (Å²) in [6.45, 7) is 2.08. The molecule has 1 aromatic rings. The number of halogens is 2. The smallest absolute Gasteiger partial charge is 0.339 e. The molecule has 0 saturated carbocycles. The molecule has 0 heterocycles. The number of carboxylic acid groups (broad SMARTS) is 1. The van der Waals surface area contributed by atoms with E-state index in [0.29, 0.717) is 12.3 Å². The molecule has 1 rings (SSSR count). The molecule has 0 radical (unpaired) electrons. The van der Waals surface area contributed by atoms with Gasteiger partial charge in [-0.1, -0.05) is 11.6 Å². The van der Waals surface area contributed by atoms with Crippen LogP contribution in [-0.2, 0) is 0 Å². The Morgan fingerprint density at radius 3 is 2.72 bits per heavy atom. The number of nitrogens with two attached hydrogens (primary N) is 1. The third-order valence-corrected chi connectivity index (χ3v) is 2.56. The Labute approximate surface area is 114 Å². The maximum Gasteiger partial charge on any atom is 0.339 e. The molecule has 0 atom stereocenters. The Morgan fingerprint density at radius 2 is 2.22 bits per heavy atom. The Hall–Kier alpha value is -1.46. The van der Waals surface area contributed by atoms with Crippen LogP contribution in [0.25, 0.3) is 0 Å². The average molecular weight is 291 g/mol. The Balaban J connectivity index is 3.31. The molecule has 3 N–H and O–H groups in total. The first kappa shape index (κ1) is 14.6. The van der Waals surface area contributed by atoms with Gasteiger partial charge in [0.15, 0.2) is 0 Å². The van der Waals surface area contributed by atoms with Crippen molar-refractivity contribution in [2.75, 3.05) is 12.5 Å². The van der Waals surface area contributed by atoms with E-state index in [1.807, 2.05) is 0 Å². The molecule has 0 saturated heterocycles. The fraction of sp³-hybridized carbons (Fsp3) is 0.273. The summed E-state index contributed by atoms with van der Waals surface area (Å²) in [5, 5.41) is 9.19. The van der Waals surface area contributed by atoms with Crippen LogP contribution in [0.2, 0.25) is 5.02 Å². The highest BCUT2D eigenvalue weighted by molar-refractivity contribution is 6.34. The van der Waals surface area contributed by atoms with E-state index >= 15 is 0 Å². The predicted molar refractivity (Wildman–Crippen MR) is 71.6 cm³/mol. The molecule has 0 aliphatic heterocycles. The molecule has 0 aliphatic carbocycles. The predicted octanol–water partition coefficient (Wildman–Crippen LogP) is 2.66. The van der Waals surface area contributed by atoms with Gasteiger partial charge >= 0.3 is 5.97 Å². The molecule has 5 nitrogen and oxygen atoms in total. The number of hydrogen-bond acceptors (Lipinski definition) is 3. The molecular formula is C11H12Cl2N2O3. The summed E-state index contributed by atoms with van der Waals surface area (Å²) in [6.07, 6.45) is 0. The molecule has 18 heavy (non-hydrogen) atoms. The first-order chi connectivity index (χ1) is 8.49. The molecule has 1 aromatic carbocycles. The number of nitrogens with zero attached hydrogens (tertiary/aromatic N) is 1. The topological polar surface area (TPSA) is 84.9 Å². The second kappa shape index (κ2) is 6.47. The van der Waals surface area contributed by atoms with Gasteiger partial charge in [-0.3, -0.25) is 0 Å². The van der Waals surface area contributed by atoms with Gasteiger partial charge in [0.25, 0.3) is 0 Å². The van der Waals surface area contributed by atoms with Crippen molar-refractivity contribution in [1.82, 2.24) is 0 Å². The lowest BCUT2D eigenvalue weighted by Gasteiger charge is -2.09. The van der Waals surface area contributed by atoms with Crippen molar-refractivity contribution >= 4 is 40.7 Å². The number of amidine groups is 1. The summed E-state index contributed by atoms with van der Waals surface area (Å²) in [7, 11) is 0. The van der Waals surface area contributed by atoms with Crippen molar-refractivity contribution in [1.29, 1.82) is 0 Å². The minimum Gasteiger partial charge on any atom is -0.493 e. The molecule has 98 valence electrons. The zero-order valence-corrected chi connectivity index (χ0v) is 11.1. The van der Waals surface area contributed by atoms with Gasteiger partial charge in [-0.25, -0.2) is 9.79 Å². The monoisotopic (exact) mass is 290 g/mol. The van der Waals surface area contributed by atoms with E-state index in [1.54, 1.807) is 6.92 Å². The first-order valence-electron chi connectivity index (χ1n) is 5.08. The lowest BCUT2D eigenvalue weighted by molar-refractivity contribution is 0.0692. The summed E-state index contributed by atoms with van der Waals surface area (Å²) in [5.41, 5.74) is 5.80. The van der Waals surface area contributed by atoms with Crippen molar-refractivity contribution in [3.63, 3.8) is 0 Å². The van der Waals surface area contributed by atoms with Crippen LogP contribution in [0.3, 0.4) is 0 Å². The minimum atomic E-state index is -1.12. The third-order valence-electron chi connectivity index (χ3n) is 1.98. The fourth-order valence-corrected chi connectivity index (χ4v) is 1.52. The van der Waals surface area contributed by atoms with Crippen molar-refractivity contribution in [3.8, 4) is 5.75 Å². The number of rotatable bonds is 5. The van der Waals surface area contributed by atoms with Crippen LogP contribution in [0, 0.1) is 0 Å². The van der Waals surface area contributed by atoms with E-state index < -0.39 is 5.97 Å². The lowest BCUT2D eigenvalue weighted by atomic mass is 10.2. The Kier molecular flexibility index (Phi) is 5.25. The largest absolute Gasteiger partial charge is 0.493 e. The highest BCUT2D eigenvalue weighted by Crippen LogP contribution is 2.33. The van der Waals surface area contributed by atoms with Crippen molar-refractivity contribution < 1.29 is 14.6 Å².